The van der Waals surface area contributed by atoms with Crippen LogP contribution >= 0.6 is 0 Å². The Morgan fingerprint density at radius 3 is 1.95 bits per heavy atom. The van der Waals surface area contributed by atoms with Crippen LogP contribution in [-0.2, 0) is 0 Å². The Morgan fingerprint density at radius 2 is 1.26 bits per heavy atom. The van der Waals surface area contributed by atoms with Crippen molar-refractivity contribution in [2.45, 2.75) is 0 Å². The van der Waals surface area contributed by atoms with Crippen LogP contribution in [0.4, 0.5) is 0 Å². The largest absolute Gasteiger partial charge is 0.508 e. The van der Waals surface area contributed by atoms with E-state index < -0.39 is 11.2 Å². The third kappa shape index (κ3) is 4.78. The smallest absolute Gasteiger partial charge is 0.204 e. The molecule has 6 aromatic rings. The quantitative estimate of drug-likeness (QED) is 0.256. The molecule has 8 nitrogen and oxygen atoms in total. The summed E-state index contributed by atoms with van der Waals surface area (Å²) in [6.07, 6.45) is 2.77. The third-order valence-corrected chi connectivity index (χ3v) is 6.12. The lowest BCUT2D eigenvalue weighted by molar-refractivity contribution is 0.346. The fraction of sp³-hybridized carbons (Fsp3) is 0.0323. The molecular weight excluding hydrogens is 500 g/mol. The van der Waals surface area contributed by atoms with Gasteiger partial charge in [0.05, 0.1) is 23.6 Å². The van der Waals surface area contributed by atoms with Crippen molar-refractivity contribution in [1.82, 2.24) is 0 Å². The molecule has 2 heterocycles. The van der Waals surface area contributed by atoms with Crippen LogP contribution in [0.3, 0.4) is 0 Å². The van der Waals surface area contributed by atoms with Crippen molar-refractivity contribution in [1.29, 1.82) is 0 Å². The van der Waals surface area contributed by atoms with Crippen LogP contribution < -0.4 is 15.6 Å². The van der Waals surface area contributed by atoms with Gasteiger partial charge >= 0.3 is 0 Å². The number of methoxy groups -OCH3 is 1. The highest BCUT2D eigenvalue weighted by molar-refractivity contribution is 5.91. The molecule has 8 heteroatoms. The average Bonchev–Trinajstić information content (AvgIpc) is 2.95. The van der Waals surface area contributed by atoms with Crippen LogP contribution in [0.2, 0.25) is 0 Å². The molecule has 0 fully saturated rings. The lowest BCUT2D eigenvalue weighted by atomic mass is 10.0. The number of phenols is 3. The van der Waals surface area contributed by atoms with E-state index in [1.165, 1.54) is 37.8 Å². The molecule has 0 radical (unpaired) electrons. The highest BCUT2D eigenvalue weighted by Crippen LogP contribution is 2.41. The molecule has 0 aliphatic rings. The first-order chi connectivity index (χ1) is 18.9. The van der Waals surface area contributed by atoms with E-state index >= 15 is 0 Å². The first-order valence-electron chi connectivity index (χ1n) is 11.8. The number of ether oxygens (including phenoxy) is 1. The minimum Gasteiger partial charge on any atom is -0.508 e. The summed E-state index contributed by atoms with van der Waals surface area (Å²) in [5.41, 5.74) is 2.44. The molecule has 0 aliphatic carbocycles. The number of aromatic hydroxyl groups is 3. The van der Waals surface area contributed by atoms with Gasteiger partial charge in [0.25, 0.3) is 0 Å². The van der Waals surface area contributed by atoms with Gasteiger partial charge in [-0.05, 0) is 35.4 Å². The van der Waals surface area contributed by atoms with Gasteiger partial charge < -0.3 is 28.9 Å². The normalized spacial score (nSPS) is 10.7. The van der Waals surface area contributed by atoms with Crippen molar-refractivity contribution in [2.24, 2.45) is 0 Å². The fourth-order valence-corrected chi connectivity index (χ4v) is 4.17. The molecule has 0 unspecified atom stereocenters. The van der Waals surface area contributed by atoms with Gasteiger partial charge in [-0.3, -0.25) is 9.59 Å². The van der Waals surface area contributed by atoms with E-state index in [0.717, 1.165) is 5.56 Å². The van der Waals surface area contributed by atoms with E-state index in [9.17, 15) is 24.9 Å². The van der Waals surface area contributed by atoms with Gasteiger partial charge in [-0.1, -0.05) is 54.6 Å². The Kier molecular flexibility index (Phi) is 6.75. The van der Waals surface area contributed by atoms with E-state index in [0.29, 0.717) is 22.1 Å². The van der Waals surface area contributed by atoms with Crippen molar-refractivity contribution in [3.63, 3.8) is 0 Å². The number of hydrogen-bond donors (Lipinski definition) is 3. The lowest BCUT2D eigenvalue weighted by Gasteiger charge is -2.09. The molecule has 2 aromatic heterocycles. The molecule has 3 N–H and O–H groups in total. The molecule has 39 heavy (non-hydrogen) atoms. The number of hydrogen-bond acceptors (Lipinski definition) is 8. The fourth-order valence-electron chi connectivity index (χ4n) is 4.17. The van der Waals surface area contributed by atoms with Gasteiger partial charge in [-0.15, -0.1) is 0 Å². The van der Waals surface area contributed by atoms with Crippen molar-refractivity contribution in [2.75, 3.05) is 7.11 Å². The average molecular weight is 523 g/mol. The predicted octanol–water partition coefficient (Wildman–Crippen LogP) is 6.05. The molecule has 0 saturated carbocycles. The van der Waals surface area contributed by atoms with E-state index in [-0.39, 0.29) is 39.2 Å². The van der Waals surface area contributed by atoms with E-state index in [1.54, 1.807) is 24.3 Å². The monoisotopic (exact) mass is 522 g/mol. The molecule has 0 aliphatic heterocycles. The third-order valence-electron chi connectivity index (χ3n) is 6.12. The first-order valence-corrected chi connectivity index (χ1v) is 11.8. The second-order valence-corrected chi connectivity index (χ2v) is 8.52. The van der Waals surface area contributed by atoms with Crippen molar-refractivity contribution >= 4 is 21.9 Å². The number of para-hydroxylation sites is 1. The van der Waals surface area contributed by atoms with E-state index in [1.807, 2.05) is 42.5 Å². The summed E-state index contributed by atoms with van der Waals surface area (Å²) in [7, 11) is 1.27. The maximum absolute atomic E-state index is 12.6. The van der Waals surface area contributed by atoms with Crippen LogP contribution in [0, 0.1) is 0 Å². The number of benzene rings is 4. The standard InChI is InChI=1S/C16H12O6.C15H10O2/c1-21-16-11(18)6-12-13(15(16)20)14(19)10(7-22-12)8-2-4-9(17)5-3-8;16-15-12-8-4-5-9-14(12)17-10-13(15)11-6-2-1-3-7-11/h2-7,17-18,20H,1H3;1-10H. The van der Waals surface area contributed by atoms with E-state index in [2.05, 4.69) is 0 Å². The summed E-state index contributed by atoms with van der Waals surface area (Å²) in [5.74, 6) is -0.925. The molecule has 0 spiro atoms. The van der Waals surface area contributed by atoms with Gasteiger partial charge in [-0.2, -0.15) is 0 Å². The number of phenolic OH excluding ortho intramolecular Hbond substituents is 3. The van der Waals surface area contributed by atoms with Gasteiger partial charge in [0, 0.05) is 6.07 Å². The minimum atomic E-state index is -0.480. The highest BCUT2D eigenvalue weighted by atomic mass is 16.5. The zero-order valence-corrected chi connectivity index (χ0v) is 20.6. The van der Waals surface area contributed by atoms with Crippen LogP contribution in [0.15, 0.2) is 116 Å². The van der Waals surface area contributed by atoms with Crippen LogP contribution in [0.5, 0.6) is 23.0 Å². The Morgan fingerprint density at radius 1 is 0.667 bits per heavy atom. The summed E-state index contributed by atoms with van der Waals surface area (Å²) in [6.45, 7) is 0. The SMILES string of the molecule is COc1c(O)cc2occ(-c3ccc(O)cc3)c(=O)c2c1O.O=c1c(-c2ccccc2)coc2ccccc12. The van der Waals surface area contributed by atoms with Gasteiger partial charge in [0.2, 0.25) is 11.2 Å². The molecule has 4 aromatic carbocycles. The molecule has 0 amide bonds. The first kappa shape index (κ1) is 25.2. The van der Waals surface area contributed by atoms with Gasteiger partial charge in [0.1, 0.15) is 34.8 Å². The molecule has 194 valence electrons. The van der Waals surface area contributed by atoms with Crippen LogP contribution in [0.25, 0.3) is 44.2 Å². The predicted molar refractivity (Wildman–Crippen MR) is 147 cm³/mol. The second-order valence-electron chi connectivity index (χ2n) is 8.52. The van der Waals surface area contributed by atoms with Crippen LogP contribution in [0.1, 0.15) is 0 Å². The Hall–Kier alpha value is -5.50. The number of fused-ring (bicyclic) bond motifs is 2. The zero-order valence-electron chi connectivity index (χ0n) is 20.6. The zero-order chi connectivity index (χ0) is 27.5. The maximum Gasteiger partial charge on any atom is 0.204 e. The van der Waals surface area contributed by atoms with E-state index in [4.69, 9.17) is 13.6 Å². The van der Waals surface area contributed by atoms with Crippen LogP contribution in [-0.4, -0.2) is 22.4 Å². The lowest BCUT2D eigenvalue weighted by Crippen LogP contribution is -2.05. The van der Waals surface area contributed by atoms with Crippen molar-refractivity contribution < 1.29 is 28.9 Å². The van der Waals surface area contributed by atoms with Crippen molar-refractivity contribution in [3.05, 3.63) is 118 Å². The summed E-state index contributed by atoms with van der Waals surface area (Å²) >= 11 is 0. The second kappa shape index (κ2) is 10.5. The topological polar surface area (TPSA) is 130 Å². The maximum atomic E-state index is 12.6. The minimum absolute atomic E-state index is 0.0121. The Bertz CT molecular complexity index is 1900. The summed E-state index contributed by atoms with van der Waals surface area (Å²) < 4.78 is 15.7. The summed E-state index contributed by atoms with van der Waals surface area (Å²) in [5, 5.41) is 29.7. The van der Waals surface area contributed by atoms with Crippen molar-refractivity contribution in [3.8, 4) is 45.3 Å². The molecule has 0 saturated heterocycles. The number of rotatable bonds is 3. The summed E-state index contributed by atoms with van der Waals surface area (Å²) in [6, 6.07) is 24.0. The Labute approximate surface area is 221 Å². The molecule has 0 bridgehead atoms. The molecule has 6 rings (SSSR count). The highest BCUT2D eigenvalue weighted by Gasteiger charge is 2.19. The van der Waals surface area contributed by atoms with Gasteiger partial charge in [-0.25, -0.2) is 0 Å². The molecular formula is C31H22O8. The Balaban J connectivity index is 0.000000163. The molecule has 0 atom stereocenters. The summed E-state index contributed by atoms with van der Waals surface area (Å²) in [4.78, 5) is 24.9. The van der Waals surface area contributed by atoms with Gasteiger partial charge in [0.15, 0.2) is 16.9 Å².